The van der Waals surface area contributed by atoms with Crippen LogP contribution in [0.2, 0.25) is 0 Å². The van der Waals surface area contributed by atoms with Crippen molar-refractivity contribution in [3.8, 4) is 0 Å². The van der Waals surface area contributed by atoms with Gasteiger partial charge in [-0.2, -0.15) is 9.97 Å². The quantitative estimate of drug-likeness (QED) is 0.687. The molecule has 1 saturated carbocycles. The number of anilines is 3. The van der Waals surface area contributed by atoms with Gasteiger partial charge in [-0.15, -0.1) is 0 Å². The summed E-state index contributed by atoms with van der Waals surface area (Å²) in [4.78, 5) is 7.87. The third-order valence-electron chi connectivity index (χ3n) is 2.80. The largest absolute Gasteiger partial charge is 0.383 e. The van der Waals surface area contributed by atoms with Crippen LogP contribution in [0.4, 0.5) is 17.6 Å². The summed E-state index contributed by atoms with van der Waals surface area (Å²) in [5.74, 6) is 2.91. The maximum atomic E-state index is 5.57. The molecule has 0 spiro atoms. The van der Waals surface area contributed by atoms with E-state index in [2.05, 4.69) is 22.2 Å². The summed E-state index contributed by atoms with van der Waals surface area (Å²) in [6, 6.07) is 1.70. The van der Waals surface area contributed by atoms with Crippen molar-refractivity contribution in [2.75, 3.05) is 23.3 Å². The van der Waals surface area contributed by atoms with E-state index in [0.717, 1.165) is 12.5 Å². The number of hydrogen-bond donors (Lipinski definition) is 3. The Kier molecular flexibility index (Phi) is 2.62. The fourth-order valence-electron chi connectivity index (χ4n) is 1.67. The van der Waals surface area contributed by atoms with E-state index in [0.29, 0.717) is 17.6 Å². The average Bonchev–Trinajstić information content (AvgIpc) is 2.95. The van der Waals surface area contributed by atoms with Crippen LogP contribution >= 0.6 is 0 Å². The Balaban J connectivity index is 1.91. The summed E-state index contributed by atoms with van der Waals surface area (Å²) in [5.41, 5.74) is 11.1. The molecule has 1 heterocycles. The van der Waals surface area contributed by atoms with Crippen LogP contribution in [0.25, 0.3) is 0 Å². The van der Waals surface area contributed by atoms with Crippen LogP contribution in [0.3, 0.4) is 0 Å². The predicted octanol–water partition coefficient (Wildman–Crippen LogP) is 1.10. The van der Waals surface area contributed by atoms with Gasteiger partial charge in [0.05, 0.1) is 0 Å². The second-order valence-corrected chi connectivity index (χ2v) is 4.23. The number of hydrogen-bond acceptors (Lipinski definition) is 5. The molecule has 0 bridgehead atoms. The molecule has 5 nitrogen and oxygen atoms in total. The minimum Gasteiger partial charge on any atom is -0.383 e. The van der Waals surface area contributed by atoms with E-state index in [1.165, 1.54) is 12.8 Å². The van der Waals surface area contributed by atoms with E-state index in [1.807, 2.05) is 0 Å². The number of nitrogen functional groups attached to an aromatic ring is 2. The summed E-state index contributed by atoms with van der Waals surface area (Å²) < 4.78 is 0. The van der Waals surface area contributed by atoms with E-state index >= 15 is 0 Å². The molecule has 1 atom stereocenters. The van der Waals surface area contributed by atoms with Gasteiger partial charge in [-0.05, 0) is 24.7 Å². The Bertz CT molecular complexity index is 327. The molecule has 5 heteroatoms. The Labute approximate surface area is 89.3 Å². The maximum absolute atomic E-state index is 5.57. The molecule has 82 valence electrons. The highest BCUT2D eigenvalue weighted by Gasteiger charge is 2.27. The van der Waals surface area contributed by atoms with Gasteiger partial charge in [-0.3, -0.25) is 0 Å². The van der Waals surface area contributed by atoms with Crippen molar-refractivity contribution in [3.63, 3.8) is 0 Å². The standard InChI is InChI=1S/C10H17N5/c1-6(7-2-3-7)5-13-9-4-8(11)14-10(12)15-9/h4,6-7H,2-3,5H2,1H3,(H5,11,12,13,14,15). The van der Waals surface area contributed by atoms with E-state index in [4.69, 9.17) is 11.5 Å². The van der Waals surface area contributed by atoms with Crippen molar-refractivity contribution in [1.29, 1.82) is 0 Å². The zero-order chi connectivity index (χ0) is 10.8. The average molecular weight is 207 g/mol. The first-order valence-corrected chi connectivity index (χ1v) is 5.29. The smallest absolute Gasteiger partial charge is 0.223 e. The molecule has 1 aromatic rings. The molecule has 0 radical (unpaired) electrons. The summed E-state index contributed by atoms with van der Waals surface area (Å²) in [6.45, 7) is 3.17. The van der Waals surface area contributed by atoms with Gasteiger partial charge in [0, 0.05) is 12.6 Å². The molecule has 0 saturated heterocycles. The third kappa shape index (κ3) is 2.71. The van der Waals surface area contributed by atoms with Crippen molar-refractivity contribution >= 4 is 17.6 Å². The highest BCUT2D eigenvalue weighted by molar-refractivity contribution is 5.48. The highest BCUT2D eigenvalue weighted by Crippen LogP contribution is 2.36. The van der Waals surface area contributed by atoms with Gasteiger partial charge in [0.15, 0.2) is 0 Å². The molecule has 1 unspecified atom stereocenters. The van der Waals surface area contributed by atoms with E-state index < -0.39 is 0 Å². The predicted molar refractivity (Wildman–Crippen MR) is 61.2 cm³/mol. The van der Waals surface area contributed by atoms with Gasteiger partial charge in [0.2, 0.25) is 5.95 Å². The van der Waals surface area contributed by atoms with Gasteiger partial charge in [-0.25, -0.2) is 0 Å². The van der Waals surface area contributed by atoms with Crippen molar-refractivity contribution in [2.24, 2.45) is 11.8 Å². The Morgan fingerprint density at radius 3 is 2.80 bits per heavy atom. The lowest BCUT2D eigenvalue weighted by Crippen LogP contribution is -2.14. The molecule has 1 aliphatic rings. The monoisotopic (exact) mass is 207 g/mol. The summed E-state index contributed by atoms with van der Waals surface area (Å²) in [5, 5.41) is 3.24. The molecule has 1 fully saturated rings. The molecule has 0 aromatic carbocycles. The first kappa shape index (κ1) is 10.0. The minimum absolute atomic E-state index is 0.219. The van der Waals surface area contributed by atoms with Gasteiger partial charge < -0.3 is 16.8 Å². The molecule has 1 aliphatic carbocycles. The van der Waals surface area contributed by atoms with Crippen LogP contribution in [0.15, 0.2) is 6.07 Å². The van der Waals surface area contributed by atoms with Crippen molar-refractivity contribution in [3.05, 3.63) is 6.07 Å². The fraction of sp³-hybridized carbons (Fsp3) is 0.600. The van der Waals surface area contributed by atoms with Crippen LogP contribution in [-0.4, -0.2) is 16.5 Å². The van der Waals surface area contributed by atoms with Gasteiger partial charge >= 0.3 is 0 Å². The van der Waals surface area contributed by atoms with Gasteiger partial charge in [0.1, 0.15) is 11.6 Å². The van der Waals surface area contributed by atoms with E-state index in [9.17, 15) is 0 Å². The molecule has 1 aromatic heterocycles. The molecule has 0 aliphatic heterocycles. The minimum atomic E-state index is 0.219. The molecular weight excluding hydrogens is 190 g/mol. The maximum Gasteiger partial charge on any atom is 0.223 e. The van der Waals surface area contributed by atoms with Gasteiger partial charge in [0.25, 0.3) is 0 Å². The number of nitrogens with two attached hydrogens (primary N) is 2. The van der Waals surface area contributed by atoms with E-state index in [1.54, 1.807) is 6.07 Å². The number of rotatable bonds is 4. The molecule has 2 rings (SSSR count). The number of nitrogens with zero attached hydrogens (tertiary/aromatic N) is 2. The topological polar surface area (TPSA) is 89.8 Å². The number of aromatic nitrogens is 2. The Morgan fingerprint density at radius 1 is 1.47 bits per heavy atom. The van der Waals surface area contributed by atoms with Gasteiger partial charge in [-0.1, -0.05) is 6.92 Å². The summed E-state index contributed by atoms with van der Waals surface area (Å²) in [6.07, 6.45) is 2.72. The summed E-state index contributed by atoms with van der Waals surface area (Å²) in [7, 11) is 0. The Morgan fingerprint density at radius 2 is 2.20 bits per heavy atom. The lowest BCUT2D eigenvalue weighted by atomic mass is 10.1. The second kappa shape index (κ2) is 3.92. The summed E-state index contributed by atoms with van der Waals surface area (Å²) >= 11 is 0. The lowest BCUT2D eigenvalue weighted by molar-refractivity contribution is 0.536. The van der Waals surface area contributed by atoms with Crippen LogP contribution in [0.5, 0.6) is 0 Å². The fourth-order valence-corrected chi connectivity index (χ4v) is 1.67. The molecule has 0 amide bonds. The molecule has 15 heavy (non-hydrogen) atoms. The van der Waals surface area contributed by atoms with Crippen LogP contribution in [-0.2, 0) is 0 Å². The van der Waals surface area contributed by atoms with Crippen molar-refractivity contribution < 1.29 is 0 Å². The highest BCUT2D eigenvalue weighted by atomic mass is 15.1. The Hall–Kier alpha value is -1.52. The van der Waals surface area contributed by atoms with Crippen LogP contribution in [0, 0.1) is 11.8 Å². The van der Waals surface area contributed by atoms with Crippen molar-refractivity contribution in [2.45, 2.75) is 19.8 Å². The normalized spacial score (nSPS) is 17.4. The molecule has 5 N–H and O–H groups in total. The first-order chi connectivity index (χ1) is 7.15. The zero-order valence-electron chi connectivity index (χ0n) is 8.90. The lowest BCUT2D eigenvalue weighted by Gasteiger charge is -2.12. The number of nitrogens with one attached hydrogen (secondary N) is 1. The van der Waals surface area contributed by atoms with Crippen LogP contribution in [0.1, 0.15) is 19.8 Å². The SMILES string of the molecule is CC(CNc1cc(N)nc(N)n1)C1CC1. The van der Waals surface area contributed by atoms with Crippen LogP contribution < -0.4 is 16.8 Å². The van der Waals surface area contributed by atoms with E-state index in [-0.39, 0.29) is 5.95 Å². The zero-order valence-corrected chi connectivity index (χ0v) is 8.90. The first-order valence-electron chi connectivity index (χ1n) is 5.29. The molecular formula is C10H17N5. The second-order valence-electron chi connectivity index (χ2n) is 4.23. The van der Waals surface area contributed by atoms with Crippen molar-refractivity contribution in [1.82, 2.24) is 9.97 Å². The third-order valence-corrected chi connectivity index (χ3v) is 2.80.